The summed E-state index contributed by atoms with van der Waals surface area (Å²) in [4.78, 5) is 11.6. The highest BCUT2D eigenvalue weighted by Crippen LogP contribution is 2.11. The zero-order chi connectivity index (χ0) is 14.3. The summed E-state index contributed by atoms with van der Waals surface area (Å²) in [6.07, 6.45) is 1.44. The fraction of sp³-hybridized carbons (Fsp3) is 0.286. The van der Waals surface area contributed by atoms with Gasteiger partial charge >= 0.3 is 0 Å². The minimum absolute atomic E-state index is 0.00864. The Hall–Kier alpha value is -1.80. The lowest BCUT2D eigenvalue weighted by molar-refractivity contribution is -0.117. The van der Waals surface area contributed by atoms with Gasteiger partial charge in [-0.05, 0) is 31.5 Å². The molecule has 0 atom stereocenters. The van der Waals surface area contributed by atoms with Gasteiger partial charge in [-0.25, -0.2) is 0 Å². The highest BCUT2D eigenvalue weighted by atomic mass is 79.9. The van der Waals surface area contributed by atoms with Crippen molar-refractivity contribution < 1.29 is 4.79 Å². The molecule has 0 saturated carbocycles. The normalized spacial score (nSPS) is 11.0. The van der Waals surface area contributed by atoms with Crippen LogP contribution in [0.25, 0.3) is 0 Å². The van der Waals surface area contributed by atoms with Crippen molar-refractivity contribution in [1.29, 1.82) is 5.26 Å². The van der Waals surface area contributed by atoms with Gasteiger partial charge in [0, 0.05) is 23.3 Å². The number of hydrogen-bond acceptors (Lipinski definition) is 3. The number of rotatable bonds is 5. The van der Waals surface area contributed by atoms with Crippen molar-refractivity contribution >= 4 is 21.8 Å². The van der Waals surface area contributed by atoms with Crippen molar-refractivity contribution in [2.75, 3.05) is 0 Å². The third-order valence-electron chi connectivity index (χ3n) is 2.23. The van der Waals surface area contributed by atoms with E-state index >= 15 is 0 Å². The van der Waals surface area contributed by atoms with E-state index in [1.807, 2.05) is 44.2 Å². The van der Waals surface area contributed by atoms with Crippen molar-refractivity contribution in [1.82, 2.24) is 10.6 Å². The van der Waals surface area contributed by atoms with Gasteiger partial charge in [0.05, 0.1) is 0 Å². The van der Waals surface area contributed by atoms with Gasteiger partial charge in [-0.2, -0.15) is 5.26 Å². The molecule has 0 unspecified atom stereocenters. The second-order valence-corrected chi connectivity index (χ2v) is 5.22. The first-order chi connectivity index (χ1) is 9.02. The maximum atomic E-state index is 11.6. The van der Waals surface area contributed by atoms with Gasteiger partial charge in [0.15, 0.2) is 0 Å². The van der Waals surface area contributed by atoms with Crippen molar-refractivity contribution in [3.8, 4) is 6.07 Å². The van der Waals surface area contributed by atoms with Crippen molar-refractivity contribution in [2.24, 2.45) is 0 Å². The number of benzene rings is 1. The monoisotopic (exact) mass is 321 g/mol. The summed E-state index contributed by atoms with van der Waals surface area (Å²) < 4.78 is 0.994. The summed E-state index contributed by atoms with van der Waals surface area (Å²) >= 11 is 3.39. The Bertz CT molecular complexity index is 518. The summed E-state index contributed by atoms with van der Waals surface area (Å²) in [5, 5.41) is 14.6. The smallest absolute Gasteiger partial charge is 0.263 e. The third kappa shape index (κ3) is 5.58. The number of nitrogens with one attached hydrogen (secondary N) is 2. The van der Waals surface area contributed by atoms with E-state index in [0.29, 0.717) is 6.54 Å². The van der Waals surface area contributed by atoms with Crippen LogP contribution in [0.5, 0.6) is 0 Å². The standard InChI is InChI=1S/C14H16BrN3O/c1-10(2)18-14(19)12(7-16)9-17-8-11-4-3-5-13(15)6-11/h3-6,9-10,17H,8H2,1-2H3,(H,18,19)/b12-9-. The van der Waals surface area contributed by atoms with Gasteiger partial charge < -0.3 is 10.6 Å². The third-order valence-corrected chi connectivity index (χ3v) is 2.72. The molecule has 0 fully saturated rings. The van der Waals surface area contributed by atoms with E-state index in [9.17, 15) is 4.79 Å². The van der Waals surface area contributed by atoms with Crippen LogP contribution < -0.4 is 10.6 Å². The molecular formula is C14H16BrN3O. The van der Waals surface area contributed by atoms with E-state index in [4.69, 9.17) is 5.26 Å². The molecule has 4 nitrogen and oxygen atoms in total. The maximum Gasteiger partial charge on any atom is 0.263 e. The number of hydrogen-bond donors (Lipinski definition) is 2. The highest BCUT2D eigenvalue weighted by Gasteiger charge is 2.09. The van der Waals surface area contributed by atoms with Gasteiger partial charge in [-0.3, -0.25) is 4.79 Å². The highest BCUT2D eigenvalue weighted by molar-refractivity contribution is 9.10. The van der Waals surface area contributed by atoms with E-state index in [1.165, 1.54) is 6.20 Å². The molecule has 0 aliphatic rings. The van der Waals surface area contributed by atoms with Gasteiger partial charge in [0.1, 0.15) is 11.6 Å². The molecule has 100 valence electrons. The lowest BCUT2D eigenvalue weighted by Crippen LogP contribution is -2.31. The van der Waals surface area contributed by atoms with Crippen LogP contribution in [0.1, 0.15) is 19.4 Å². The van der Waals surface area contributed by atoms with Crippen LogP contribution in [0.3, 0.4) is 0 Å². The quantitative estimate of drug-likeness (QED) is 0.646. The Kier molecular flexibility index (Phi) is 6.10. The molecule has 19 heavy (non-hydrogen) atoms. The Morgan fingerprint density at radius 2 is 2.26 bits per heavy atom. The van der Waals surface area contributed by atoms with Crippen LogP contribution in [0.2, 0.25) is 0 Å². The van der Waals surface area contributed by atoms with Crippen LogP contribution in [0, 0.1) is 11.3 Å². The molecule has 0 aliphatic heterocycles. The van der Waals surface area contributed by atoms with Crippen LogP contribution in [-0.2, 0) is 11.3 Å². The first-order valence-electron chi connectivity index (χ1n) is 5.92. The van der Waals surface area contributed by atoms with Gasteiger partial charge in [0.2, 0.25) is 0 Å². The van der Waals surface area contributed by atoms with Crippen molar-refractivity contribution in [3.63, 3.8) is 0 Å². The zero-order valence-electron chi connectivity index (χ0n) is 10.9. The van der Waals surface area contributed by atoms with Gasteiger partial charge in [-0.1, -0.05) is 28.1 Å². The molecule has 1 rings (SSSR count). The fourth-order valence-corrected chi connectivity index (χ4v) is 1.85. The van der Waals surface area contributed by atoms with E-state index in [2.05, 4.69) is 26.6 Å². The second kappa shape index (κ2) is 7.59. The van der Waals surface area contributed by atoms with Crippen LogP contribution in [0.15, 0.2) is 40.5 Å². The van der Waals surface area contributed by atoms with Crippen molar-refractivity contribution in [3.05, 3.63) is 46.1 Å². The number of nitriles is 1. The maximum absolute atomic E-state index is 11.6. The zero-order valence-corrected chi connectivity index (χ0v) is 12.5. The van der Waals surface area contributed by atoms with E-state index in [1.54, 1.807) is 0 Å². The number of amides is 1. The Labute approximate surface area is 121 Å². The molecule has 2 N–H and O–H groups in total. The second-order valence-electron chi connectivity index (χ2n) is 4.31. The Morgan fingerprint density at radius 3 is 2.84 bits per heavy atom. The predicted molar refractivity (Wildman–Crippen MR) is 78.0 cm³/mol. The summed E-state index contributed by atoms with van der Waals surface area (Å²) in [5.74, 6) is -0.362. The largest absolute Gasteiger partial charge is 0.386 e. The van der Waals surface area contributed by atoms with E-state index in [0.717, 1.165) is 10.0 Å². The van der Waals surface area contributed by atoms with Gasteiger partial charge in [-0.15, -0.1) is 0 Å². The molecule has 0 bridgehead atoms. The molecule has 1 amide bonds. The van der Waals surface area contributed by atoms with Crippen LogP contribution in [0.4, 0.5) is 0 Å². The predicted octanol–water partition coefficient (Wildman–Crippen LogP) is 2.47. The molecule has 5 heteroatoms. The van der Waals surface area contributed by atoms with Crippen LogP contribution >= 0.6 is 15.9 Å². The number of carbonyl (C=O) groups is 1. The first-order valence-corrected chi connectivity index (χ1v) is 6.71. The minimum Gasteiger partial charge on any atom is -0.386 e. The number of nitrogens with zero attached hydrogens (tertiary/aromatic N) is 1. The average molecular weight is 322 g/mol. The summed E-state index contributed by atoms with van der Waals surface area (Å²) in [6.45, 7) is 4.25. The van der Waals surface area contributed by atoms with E-state index < -0.39 is 0 Å². The Balaban J connectivity index is 2.59. The molecule has 0 radical (unpaired) electrons. The first kappa shape index (κ1) is 15.3. The Morgan fingerprint density at radius 1 is 1.53 bits per heavy atom. The molecule has 0 aromatic heterocycles. The summed E-state index contributed by atoms with van der Waals surface area (Å²) in [5.41, 5.74) is 1.14. The molecule has 1 aromatic carbocycles. The molecule has 0 aliphatic carbocycles. The lowest BCUT2D eigenvalue weighted by Gasteiger charge is -2.07. The summed E-state index contributed by atoms with van der Waals surface area (Å²) in [6, 6.07) is 9.70. The average Bonchev–Trinajstić information content (AvgIpc) is 2.33. The summed E-state index contributed by atoms with van der Waals surface area (Å²) in [7, 11) is 0. The number of carbonyl (C=O) groups excluding carboxylic acids is 1. The molecule has 1 aromatic rings. The van der Waals surface area contributed by atoms with Crippen LogP contribution in [-0.4, -0.2) is 11.9 Å². The molecule has 0 saturated heterocycles. The van der Waals surface area contributed by atoms with E-state index in [-0.39, 0.29) is 17.5 Å². The molecule has 0 spiro atoms. The molecular weight excluding hydrogens is 306 g/mol. The lowest BCUT2D eigenvalue weighted by atomic mass is 10.2. The molecule has 0 heterocycles. The topological polar surface area (TPSA) is 64.9 Å². The minimum atomic E-state index is -0.362. The fourth-order valence-electron chi connectivity index (χ4n) is 1.41. The van der Waals surface area contributed by atoms with Crippen molar-refractivity contribution in [2.45, 2.75) is 26.4 Å². The number of halogens is 1. The van der Waals surface area contributed by atoms with Gasteiger partial charge in [0.25, 0.3) is 5.91 Å². The SMILES string of the molecule is CC(C)NC(=O)/C(C#N)=C\NCc1cccc(Br)c1.